The second-order valence-electron chi connectivity index (χ2n) is 6.39. The molecule has 0 amide bonds. The van der Waals surface area contributed by atoms with Crippen LogP contribution in [0.5, 0.6) is 0 Å². The van der Waals surface area contributed by atoms with Crippen molar-refractivity contribution in [3.8, 4) is 0 Å². The molecule has 1 aliphatic heterocycles. The monoisotopic (exact) mass is 311 g/mol. The zero-order valence-corrected chi connectivity index (χ0v) is 13.4. The van der Waals surface area contributed by atoms with Crippen LogP contribution >= 0.6 is 0 Å². The van der Waals surface area contributed by atoms with Crippen molar-refractivity contribution in [3.63, 3.8) is 0 Å². The maximum Gasteiger partial charge on any atom is 0.243 e. The van der Waals surface area contributed by atoms with Crippen molar-refractivity contribution in [3.05, 3.63) is 29.1 Å². The first-order valence-electron chi connectivity index (χ1n) is 7.70. The molecule has 0 spiro atoms. The maximum absolute atomic E-state index is 13.4. The van der Waals surface area contributed by atoms with Crippen molar-refractivity contribution in [2.24, 2.45) is 5.92 Å². The Bertz CT molecular complexity index is 633. The standard InChI is InChI=1S/C16H22FNO2S/c1-11-9-14(17)10-12(2)16(11)21(19,20)18-8-7-13-5-3-4-6-15(13)18/h9-10,13,15H,3-8H2,1-2H3. The molecule has 2 aliphatic rings. The highest BCUT2D eigenvalue weighted by Gasteiger charge is 2.43. The summed E-state index contributed by atoms with van der Waals surface area (Å²) in [4.78, 5) is 0.301. The summed E-state index contributed by atoms with van der Waals surface area (Å²) >= 11 is 0. The quantitative estimate of drug-likeness (QED) is 0.839. The van der Waals surface area contributed by atoms with Crippen molar-refractivity contribution in [2.75, 3.05) is 6.54 Å². The number of halogens is 1. The Kier molecular flexibility index (Phi) is 3.82. The van der Waals surface area contributed by atoms with Gasteiger partial charge in [0.1, 0.15) is 5.82 Å². The molecule has 1 aromatic carbocycles. The Morgan fingerprint density at radius 1 is 1.10 bits per heavy atom. The lowest BCUT2D eigenvalue weighted by Gasteiger charge is -2.31. The van der Waals surface area contributed by atoms with Gasteiger partial charge in [-0.1, -0.05) is 12.8 Å². The van der Waals surface area contributed by atoms with Crippen molar-refractivity contribution >= 4 is 10.0 Å². The highest BCUT2D eigenvalue weighted by atomic mass is 32.2. The molecule has 3 rings (SSSR count). The fourth-order valence-corrected chi connectivity index (χ4v) is 6.23. The van der Waals surface area contributed by atoms with Crippen molar-refractivity contribution in [2.45, 2.75) is 56.9 Å². The number of fused-ring (bicyclic) bond motifs is 1. The number of rotatable bonds is 2. The highest BCUT2D eigenvalue weighted by Crippen LogP contribution is 2.40. The lowest BCUT2D eigenvalue weighted by Crippen LogP contribution is -2.39. The zero-order chi connectivity index (χ0) is 15.2. The van der Waals surface area contributed by atoms with Gasteiger partial charge in [0.2, 0.25) is 10.0 Å². The second kappa shape index (κ2) is 5.36. The van der Waals surface area contributed by atoms with Gasteiger partial charge < -0.3 is 0 Å². The molecule has 116 valence electrons. The van der Waals surface area contributed by atoms with Crippen molar-refractivity contribution in [1.29, 1.82) is 0 Å². The first-order valence-corrected chi connectivity index (χ1v) is 9.14. The van der Waals surface area contributed by atoms with Gasteiger partial charge >= 0.3 is 0 Å². The summed E-state index contributed by atoms with van der Waals surface area (Å²) in [5, 5.41) is 0. The number of hydrogen-bond donors (Lipinski definition) is 0. The Balaban J connectivity index is 2.01. The fraction of sp³-hybridized carbons (Fsp3) is 0.625. The van der Waals surface area contributed by atoms with Gasteiger partial charge in [-0.2, -0.15) is 4.31 Å². The van der Waals surface area contributed by atoms with Gasteiger partial charge in [0.05, 0.1) is 4.90 Å². The first-order chi connectivity index (χ1) is 9.91. The van der Waals surface area contributed by atoms with E-state index in [1.165, 1.54) is 18.6 Å². The summed E-state index contributed by atoms with van der Waals surface area (Å²) in [6, 6.07) is 2.77. The van der Waals surface area contributed by atoms with Gasteiger partial charge in [-0.3, -0.25) is 0 Å². The Morgan fingerprint density at radius 3 is 2.38 bits per heavy atom. The van der Waals surface area contributed by atoms with E-state index in [2.05, 4.69) is 0 Å². The smallest absolute Gasteiger partial charge is 0.207 e. The zero-order valence-electron chi connectivity index (χ0n) is 12.6. The summed E-state index contributed by atoms with van der Waals surface area (Å²) in [5.74, 6) is 0.135. The van der Waals surface area contributed by atoms with Crippen LogP contribution in [0.4, 0.5) is 4.39 Å². The molecular formula is C16H22FNO2S. The van der Waals surface area contributed by atoms with Crippen LogP contribution in [0.3, 0.4) is 0 Å². The summed E-state index contributed by atoms with van der Waals surface area (Å²) < 4.78 is 41.2. The molecule has 2 atom stereocenters. The molecule has 21 heavy (non-hydrogen) atoms. The maximum atomic E-state index is 13.4. The minimum Gasteiger partial charge on any atom is -0.207 e. The molecule has 0 radical (unpaired) electrons. The molecule has 0 N–H and O–H groups in total. The number of hydrogen-bond acceptors (Lipinski definition) is 2. The van der Waals surface area contributed by atoms with E-state index < -0.39 is 10.0 Å². The topological polar surface area (TPSA) is 37.4 Å². The summed E-state index contributed by atoms with van der Waals surface area (Å²) in [6.45, 7) is 3.96. The minimum absolute atomic E-state index is 0.146. The summed E-state index contributed by atoms with van der Waals surface area (Å²) in [6.07, 6.45) is 5.38. The van der Waals surface area contributed by atoms with Crippen LogP contribution < -0.4 is 0 Å². The highest BCUT2D eigenvalue weighted by molar-refractivity contribution is 7.89. The molecule has 1 heterocycles. The van der Waals surface area contributed by atoms with E-state index in [9.17, 15) is 12.8 Å². The molecule has 3 nitrogen and oxygen atoms in total. The average molecular weight is 311 g/mol. The van der Waals surface area contributed by atoms with Crippen molar-refractivity contribution < 1.29 is 12.8 Å². The van der Waals surface area contributed by atoms with Crippen LogP contribution in [-0.2, 0) is 10.0 Å². The molecule has 2 unspecified atom stereocenters. The van der Waals surface area contributed by atoms with Gasteiger partial charge in [-0.05, 0) is 62.3 Å². The Labute approximate surface area is 126 Å². The third-order valence-corrected chi connectivity index (χ3v) is 7.18. The van der Waals surface area contributed by atoms with E-state index in [4.69, 9.17) is 0 Å². The van der Waals surface area contributed by atoms with Crippen LogP contribution in [0.2, 0.25) is 0 Å². The van der Waals surface area contributed by atoms with Crippen molar-refractivity contribution in [1.82, 2.24) is 4.31 Å². The number of sulfonamides is 1. The van der Waals surface area contributed by atoms with E-state index >= 15 is 0 Å². The van der Waals surface area contributed by atoms with E-state index in [0.717, 1.165) is 25.7 Å². The van der Waals surface area contributed by atoms with Gasteiger partial charge in [-0.15, -0.1) is 0 Å². The molecule has 0 aromatic heterocycles. The molecule has 2 fully saturated rings. The lowest BCUT2D eigenvalue weighted by molar-refractivity contribution is 0.260. The number of aryl methyl sites for hydroxylation is 2. The van der Waals surface area contributed by atoms with Crippen LogP contribution in [0.15, 0.2) is 17.0 Å². The van der Waals surface area contributed by atoms with Crippen LogP contribution in [0.1, 0.15) is 43.2 Å². The molecule has 5 heteroatoms. The number of benzene rings is 1. The predicted octanol–water partition coefficient (Wildman–Crippen LogP) is 3.40. The Hall–Kier alpha value is -0.940. The fourth-order valence-electron chi connectivity index (χ4n) is 4.08. The summed E-state index contributed by atoms with van der Waals surface area (Å²) in [5.41, 5.74) is 1.01. The predicted molar refractivity (Wildman–Crippen MR) is 80.1 cm³/mol. The molecule has 1 saturated heterocycles. The van der Waals surface area contributed by atoms with E-state index in [1.807, 2.05) is 0 Å². The third kappa shape index (κ3) is 2.50. The molecule has 1 saturated carbocycles. The van der Waals surface area contributed by atoms with E-state index in [0.29, 0.717) is 28.5 Å². The molecule has 1 aliphatic carbocycles. The SMILES string of the molecule is Cc1cc(F)cc(C)c1S(=O)(=O)N1CCC2CCCCC21. The van der Waals surface area contributed by atoms with E-state index in [-0.39, 0.29) is 11.9 Å². The number of nitrogens with zero attached hydrogens (tertiary/aromatic N) is 1. The van der Waals surface area contributed by atoms with E-state index in [1.54, 1.807) is 18.2 Å². The minimum atomic E-state index is -3.52. The van der Waals surface area contributed by atoms with Gasteiger partial charge in [0.15, 0.2) is 0 Å². The lowest BCUT2D eigenvalue weighted by atomic mass is 9.86. The molecule has 1 aromatic rings. The largest absolute Gasteiger partial charge is 0.243 e. The van der Waals surface area contributed by atoms with Crippen LogP contribution in [0, 0.1) is 25.6 Å². The van der Waals surface area contributed by atoms with Crippen LogP contribution in [0.25, 0.3) is 0 Å². The van der Waals surface area contributed by atoms with Gasteiger partial charge in [0, 0.05) is 12.6 Å². The second-order valence-corrected chi connectivity index (χ2v) is 8.21. The van der Waals surface area contributed by atoms with Crippen LogP contribution in [-0.4, -0.2) is 25.3 Å². The third-order valence-electron chi connectivity index (χ3n) is 4.95. The first kappa shape index (κ1) is 15.0. The summed E-state index contributed by atoms with van der Waals surface area (Å²) in [7, 11) is -3.52. The Morgan fingerprint density at radius 2 is 1.71 bits per heavy atom. The average Bonchev–Trinajstić information content (AvgIpc) is 2.81. The molecule has 0 bridgehead atoms. The normalized spacial score (nSPS) is 26.8. The molecular weight excluding hydrogens is 289 g/mol. The van der Waals surface area contributed by atoms with Gasteiger partial charge in [0.25, 0.3) is 0 Å². The van der Waals surface area contributed by atoms with Gasteiger partial charge in [-0.25, -0.2) is 12.8 Å².